The first-order chi connectivity index (χ1) is 7.77. The molecule has 16 heavy (non-hydrogen) atoms. The molecule has 0 fully saturated rings. The van der Waals surface area contributed by atoms with Crippen molar-refractivity contribution in [1.29, 1.82) is 0 Å². The van der Waals surface area contributed by atoms with Gasteiger partial charge in [0.05, 0.1) is 13.5 Å². The Kier molecular flexibility index (Phi) is 12.1. The standard InChI is InChI=1S/C14H27O2/c1-3-4-5-6-7-8-9-10-11-12-13-16-14(2)15/h2-13H2,1H3. The number of hydrogen-bond donors (Lipinski definition) is 0. The maximum absolute atomic E-state index is 10.4. The Morgan fingerprint density at radius 3 is 1.75 bits per heavy atom. The molecule has 0 aliphatic carbocycles. The maximum atomic E-state index is 10.4. The van der Waals surface area contributed by atoms with Crippen molar-refractivity contribution in [2.75, 3.05) is 6.61 Å². The lowest BCUT2D eigenvalue weighted by molar-refractivity contribution is -0.138. The largest absolute Gasteiger partial charge is 0.466 e. The number of rotatable bonds is 11. The summed E-state index contributed by atoms with van der Waals surface area (Å²) < 4.78 is 4.76. The molecule has 0 spiro atoms. The van der Waals surface area contributed by atoms with Crippen molar-refractivity contribution < 1.29 is 9.53 Å². The van der Waals surface area contributed by atoms with Crippen molar-refractivity contribution in [2.24, 2.45) is 0 Å². The van der Waals surface area contributed by atoms with Gasteiger partial charge < -0.3 is 4.74 Å². The van der Waals surface area contributed by atoms with Gasteiger partial charge in [0, 0.05) is 0 Å². The molecular weight excluding hydrogens is 200 g/mol. The normalized spacial score (nSPS) is 10.4. The molecule has 0 aliphatic heterocycles. The van der Waals surface area contributed by atoms with Gasteiger partial charge >= 0.3 is 5.97 Å². The zero-order valence-electron chi connectivity index (χ0n) is 10.8. The molecule has 0 aromatic carbocycles. The van der Waals surface area contributed by atoms with E-state index < -0.39 is 5.97 Å². The monoisotopic (exact) mass is 227 g/mol. The van der Waals surface area contributed by atoms with E-state index in [1.165, 1.54) is 57.8 Å². The molecule has 1 radical (unpaired) electrons. The molecule has 0 atom stereocenters. The van der Waals surface area contributed by atoms with Gasteiger partial charge in [-0.15, -0.1) is 0 Å². The Balaban J connectivity index is 2.90. The Morgan fingerprint density at radius 1 is 0.875 bits per heavy atom. The fourth-order valence-electron chi connectivity index (χ4n) is 1.78. The highest BCUT2D eigenvalue weighted by Gasteiger charge is 1.94. The van der Waals surface area contributed by atoms with Gasteiger partial charge in [0.1, 0.15) is 0 Å². The molecule has 0 aliphatic rings. The molecule has 0 aromatic heterocycles. The topological polar surface area (TPSA) is 26.3 Å². The van der Waals surface area contributed by atoms with Crippen molar-refractivity contribution in [1.82, 2.24) is 0 Å². The Hall–Kier alpha value is -0.530. The molecule has 0 saturated heterocycles. The Labute approximate surface area is 101 Å². The van der Waals surface area contributed by atoms with E-state index in [0.717, 1.165) is 6.42 Å². The number of ether oxygens (including phenoxy) is 1. The minimum atomic E-state index is -0.407. The van der Waals surface area contributed by atoms with E-state index in [4.69, 9.17) is 4.74 Å². The number of carbonyl (C=O) groups is 1. The molecule has 0 amide bonds. The quantitative estimate of drug-likeness (QED) is 0.389. The van der Waals surface area contributed by atoms with Gasteiger partial charge in [0.25, 0.3) is 0 Å². The summed E-state index contributed by atoms with van der Waals surface area (Å²) in [7, 11) is 0. The lowest BCUT2D eigenvalue weighted by atomic mass is 10.1. The summed E-state index contributed by atoms with van der Waals surface area (Å²) in [5.74, 6) is -0.407. The van der Waals surface area contributed by atoms with E-state index in [9.17, 15) is 4.79 Å². The summed E-state index contributed by atoms with van der Waals surface area (Å²) >= 11 is 0. The van der Waals surface area contributed by atoms with Crippen LogP contribution >= 0.6 is 0 Å². The second-order valence-corrected chi connectivity index (χ2v) is 4.40. The van der Waals surface area contributed by atoms with Crippen LogP contribution in [0.4, 0.5) is 0 Å². The summed E-state index contributed by atoms with van der Waals surface area (Å²) in [6.07, 6.45) is 13.0. The summed E-state index contributed by atoms with van der Waals surface area (Å²) in [5, 5.41) is 0. The van der Waals surface area contributed by atoms with Gasteiger partial charge in [-0.25, -0.2) is 0 Å². The minimum absolute atomic E-state index is 0.407. The summed E-state index contributed by atoms with van der Waals surface area (Å²) in [5.41, 5.74) is 0. The first-order valence-electron chi connectivity index (χ1n) is 6.76. The molecular formula is C14H27O2. The van der Waals surface area contributed by atoms with Crippen LogP contribution in [0.3, 0.4) is 0 Å². The average Bonchev–Trinajstić information content (AvgIpc) is 2.25. The smallest absolute Gasteiger partial charge is 0.306 e. The average molecular weight is 227 g/mol. The lowest BCUT2D eigenvalue weighted by Gasteiger charge is -2.02. The van der Waals surface area contributed by atoms with Gasteiger partial charge in [-0.05, 0) is 6.42 Å². The van der Waals surface area contributed by atoms with Crippen molar-refractivity contribution in [2.45, 2.75) is 71.1 Å². The first kappa shape index (κ1) is 15.5. The molecule has 2 heteroatoms. The van der Waals surface area contributed by atoms with Crippen molar-refractivity contribution in [3.05, 3.63) is 6.92 Å². The van der Waals surface area contributed by atoms with Crippen LogP contribution in [0.5, 0.6) is 0 Å². The van der Waals surface area contributed by atoms with Crippen LogP contribution in [0.25, 0.3) is 0 Å². The third-order valence-electron chi connectivity index (χ3n) is 2.76. The minimum Gasteiger partial charge on any atom is -0.466 e. The third-order valence-corrected chi connectivity index (χ3v) is 2.76. The van der Waals surface area contributed by atoms with Gasteiger partial charge in [0.15, 0.2) is 0 Å². The maximum Gasteiger partial charge on any atom is 0.306 e. The fraction of sp³-hybridized carbons (Fsp3) is 0.857. The van der Waals surface area contributed by atoms with Crippen LogP contribution in [-0.4, -0.2) is 12.6 Å². The van der Waals surface area contributed by atoms with E-state index in [2.05, 4.69) is 13.8 Å². The van der Waals surface area contributed by atoms with Crippen LogP contribution in [0.1, 0.15) is 71.1 Å². The fourth-order valence-corrected chi connectivity index (χ4v) is 1.78. The van der Waals surface area contributed by atoms with Crippen molar-refractivity contribution >= 4 is 5.97 Å². The van der Waals surface area contributed by atoms with Crippen LogP contribution in [0, 0.1) is 6.92 Å². The van der Waals surface area contributed by atoms with Gasteiger partial charge in [0.2, 0.25) is 0 Å². The summed E-state index contributed by atoms with van der Waals surface area (Å²) in [4.78, 5) is 10.4. The highest BCUT2D eigenvalue weighted by atomic mass is 16.5. The number of carbonyl (C=O) groups excluding carboxylic acids is 1. The van der Waals surface area contributed by atoms with Crippen LogP contribution in [0.2, 0.25) is 0 Å². The highest BCUT2D eigenvalue weighted by molar-refractivity contribution is 5.73. The van der Waals surface area contributed by atoms with Gasteiger partial charge in [-0.2, -0.15) is 0 Å². The van der Waals surface area contributed by atoms with E-state index in [1.54, 1.807) is 0 Å². The van der Waals surface area contributed by atoms with Gasteiger partial charge in [-0.1, -0.05) is 64.7 Å². The molecule has 0 rings (SSSR count). The Morgan fingerprint density at radius 2 is 1.31 bits per heavy atom. The number of hydrogen-bond acceptors (Lipinski definition) is 2. The Bertz CT molecular complexity index is 155. The van der Waals surface area contributed by atoms with Crippen LogP contribution in [0.15, 0.2) is 0 Å². The molecule has 2 nitrogen and oxygen atoms in total. The van der Waals surface area contributed by atoms with Crippen LogP contribution < -0.4 is 0 Å². The predicted molar refractivity (Wildman–Crippen MR) is 68.2 cm³/mol. The van der Waals surface area contributed by atoms with E-state index in [1.807, 2.05) is 0 Å². The third kappa shape index (κ3) is 13.5. The van der Waals surface area contributed by atoms with Gasteiger partial charge in [-0.3, -0.25) is 4.79 Å². The molecule has 0 N–H and O–H groups in total. The van der Waals surface area contributed by atoms with E-state index in [-0.39, 0.29) is 0 Å². The highest BCUT2D eigenvalue weighted by Crippen LogP contribution is 2.10. The number of esters is 1. The summed E-state index contributed by atoms with van der Waals surface area (Å²) in [6, 6.07) is 0. The van der Waals surface area contributed by atoms with E-state index in [0.29, 0.717) is 6.61 Å². The second-order valence-electron chi connectivity index (χ2n) is 4.40. The lowest BCUT2D eigenvalue weighted by Crippen LogP contribution is -2.00. The second kappa shape index (κ2) is 12.5. The SMILES string of the molecule is [CH2]C(=O)OCCCCCCCCCCCC. The zero-order chi connectivity index (χ0) is 12.1. The molecule has 0 bridgehead atoms. The van der Waals surface area contributed by atoms with Crippen molar-refractivity contribution in [3.8, 4) is 0 Å². The zero-order valence-corrected chi connectivity index (χ0v) is 10.8. The molecule has 0 unspecified atom stereocenters. The molecule has 95 valence electrons. The molecule has 0 saturated carbocycles. The van der Waals surface area contributed by atoms with Crippen molar-refractivity contribution in [3.63, 3.8) is 0 Å². The van der Waals surface area contributed by atoms with Crippen LogP contribution in [-0.2, 0) is 9.53 Å². The predicted octanol–water partition coefficient (Wildman–Crippen LogP) is 4.28. The molecule has 0 aromatic rings. The number of unbranched alkanes of at least 4 members (excludes halogenated alkanes) is 9. The summed E-state index contributed by atoms with van der Waals surface area (Å²) in [6.45, 7) is 5.95. The van der Waals surface area contributed by atoms with E-state index >= 15 is 0 Å². The first-order valence-corrected chi connectivity index (χ1v) is 6.76. The molecule has 0 heterocycles.